The largest absolute Gasteiger partial charge is 0.303 e. The highest BCUT2D eigenvalue weighted by molar-refractivity contribution is 5.51. The molecule has 1 atom stereocenters. The second kappa shape index (κ2) is 5.85. The number of aldehydes is 1. The van der Waals surface area contributed by atoms with Crippen molar-refractivity contribution in [2.45, 2.75) is 19.8 Å². The van der Waals surface area contributed by atoms with Crippen LogP contribution in [-0.2, 0) is 11.2 Å². The zero-order valence-corrected chi connectivity index (χ0v) is 9.74. The first kappa shape index (κ1) is 13.8. The van der Waals surface area contributed by atoms with Gasteiger partial charge in [0.2, 0.25) is 0 Å². The van der Waals surface area contributed by atoms with E-state index in [1.165, 1.54) is 12.1 Å². The number of non-ortho nitro benzene ring substituents is 1. The molecule has 0 unspecified atom stereocenters. The molecule has 0 fully saturated rings. The lowest BCUT2D eigenvalue weighted by molar-refractivity contribution is -0.394. The summed E-state index contributed by atoms with van der Waals surface area (Å²) in [4.78, 5) is 30.4. The standard InChI is InChI=1S/C11H12N2O5/c1-8(4-5-14)6-9-2-3-10(12(15)16)7-11(9)13(17)18/h2-3,5,7-8H,4,6H2,1H3/t8-/m1/s1. The van der Waals surface area contributed by atoms with Crippen LogP contribution < -0.4 is 0 Å². The number of benzene rings is 1. The van der Waals surface area contributed by atoms with E-state index in [0.717, 1.165) is 12.4 Å². The van der Waals surface area contributed by atoms with Crippen molar-refractivity contribution in [1.82, 2.24) is 0 Å². The van der Waals surface area contributed by atoms with E-state index in [-0.39, 0.29) is 17.3 Å². The summed E-state index contributed by atoms with van der Waals surface area (Å²) in [6.45, 7) is 1.79. The Balaban J connectivity index is 3.07. The smallest absolute Gasteiger partial charge is 0.279 e. The lowest BCUT2D eigenvalue weighted by Crippen LogP contribution is -2.04. The van der Waals surface area contributed by atoms with Gasteiger partial charge in [0.15, 0.2) is 0 Å². The molecule has 0 saturated carbocycles. The minimum Gasteiger partial charge on any atom is -0.303 e. The topological polar surface area (TPSA) is 103 Å². The minimum atomic E-state index is -0.675. The van der Waals surface area contributed by atoms with Crippen LogP contribution in [0.3, 0.4) is 0 Å². The molecule has 0 amide bonds. The van der Waals surface area contributed by atoms with Gasteiger partial charge < -0.3 is 4.79 Å². The Labute approximate surface area is 103 Å². The van der Waals surface area contributed by atoms with E-state index in [1.54, 1.807) is 6.92 Å². The average molecular weight is 252 g/mol. The summed E-state index contributed by atoms with van der Waals surface area (Å²) in [5.74, 6) is -0.0392. The van der Waals surface area contributed by atoms with Crippen molar-refractivity contribution in [1.29, 1.82) is 0 Å². The highest BCUT2D eigenvalue weighted by Gasteiger charge is 2.20. The van der Waals surface area contributed by atoms with Crippen LogP contribution in [0.25, 0.3) is 0 Å². The summed E-state index contributed by atoms with van der Waals surface area (Å²) >= 11 is 0. The lowest BCUT2D eigenvalue weighted by Gasteiger charge is -2.07. The van der Waals surface area contributed by atoms with Gasteiger partial charge in [-0.3, -0.25) is 20.2 Å². The van der Waals surface area contributed by atoms with Gasteiger partial charge in [0.05, 0.1) is 15.9 Å². The maximum Gasteiger partial charge on any atom is 0.279 e. The number of carbonyl (C=O) groups is 1. The van der Waals surface area contributed by atoms with Gasteiger partial charge in [-0.2, -0.15) is 0 Å². The Morgan fingerprint density at radius 1 is 1.28 bits per heavy atom. The van der Waals surface area contributed by atoms with Crippen LogP contribution >= 0.6 is 0 Å². The molecule has 0 radical (unpaired) electrons. The van der Waals surface area contributed by atoms with Gasteiger partial charge in [-0.1, -0.05) is 6.92 Å². The van der Waals surface area contributed by atoms with Crippen LogP contribution in [0.2, 0.25) is 0 Å². The number of nitro benzene ring substituents is 2. The highest BCUT2D eigenvalue weighted by atomic mass is 16.6. The molecule has 0 saturated heterocycles. The molecule has 96 valence electrons. The first-order valence-electron chi connectivity index (χ1n) is 5.31. The number of hydrogen-bond donors (Lipinski definition) is 0. The molecule has 1 aromatic carbocycles. The fourth-order valence-electron chi connectivity index (χ4n) is 1.63. The van der Waals surface area contributed by atoms with Gasteiger partial charge in [0.25, 0.3) is 11.4 Å². The van der Waals surface area contributed by atoms with Gasteiger partial charge in [-0.25, -0.2) is 0 Å². The van der Waals surface area contributed by atoms with Crippen LogP contribution in [-0.4, -0.2) is 16.1 Å². The number of nitro groups is 2. The van der Waals surface area contributed by atoms with Gasteiger partial charge in [0, 0.05) is 18.1 Å². The molecule has 1 aromatic rings. The predicted octanol–water partition coefficient (Wildman–Crippen LogP) is 2.27. The molecule has 0 spiro atoms. The summed E-state index contributed by atoms with van der Waals surface area (Å²) in [6.07, 6.45) is 1.39. The monoisotopic (exact) mass is 252 g/mol. The molecule has 0 aliphatic heterocycles. The van der Waals surface area contributed by atoms with Crippen LogP contribution in [0.15, 0.2) is 18.2 Å². The highest BCUT2D eigenvalue weighted by Crippen LogP contribution is 2.27. The second-order valence-electron chi connectivity index (χ2n) is 4.04. The van der Waals surface area contributed by atoms with Crippen molar-refractivity contribution in [3.05, 3.63) is 44.0 Å². The Hall–Kier alpha value is -2.31. The third-order valence-electron chi connectivity index (χ3n) is 2.54. The summed E-state index contributed by atoms with van der Waals surface area (Å²) < 4.78 is 0. The van der Waals surface area contributed by atoms with Gasteiger partial charge >= 0.3 is 0 Å². The van der Waals surface area contributed by atoms with Crippen LogP contribution in [0.1, 0.15) is 18.9 Å². The normalized spacial score (nSPS) is 11.8. The summed E-state index contributed by atoms with van der Waals surface area (Å²) in [7, 11) is 0. The third kappa shape index (κ3) is 3.34. The summed E-state index contributed by atoms with van der Waals surface area (Å²) in [5, 5.41) is 21.4. The third-order valence-corrected chi connectivity index (χ3v) is 2.54. The molecule has 18 heavy (non-hydrogen) atoms. The van der Waals surface area contributed by atoms with Gasteiger partial charge in [-0.05, 0) is 18.4 Å². The lowest BCUT2D eigenvalue weighted by atomic mass is 9.97. The van der Waals surface area contributed by atoms with Crippen molar-refractivity contribution >= 4 is 17.7 Å². The van der Waals surface area contributed by atoms with Crippen LogP contribution in [0, 0.1) is 26.1 Å². The Morgan fingerprint density at radius 2 is 1.94 bits per heavy atom. The molecule has 0 bridgehead atoms. The molecule has 0 aliphatic carbocycles. The van der Waals surface area contributed by atoms with Gasteiger partial charge in [0.1, 0.15) is 6.29 Å². The van der Waals surface area contributed by atoms with E-state index in [1.807, 2.05) is 0 Å². The molecule has 7 heteroatoms. The van der Waals surface area contributed by atoms with Crippen molar-refractivity contribution < 1.29 is 14.6 Å². The molecular formula is C11H12N2O5. The van der Waals surface area contributed by atoms with E-state index in [0.29, 0.717) is 18.4 Å². The number of carbonyl (C=O) groups excluding carboxylic acids is 1. The van der Waals surface area contributed by atoms with E-state index in [9.17, 15) is 25.0 Å². The van der Waals surface area contributed by atoms with Crippen molar-refractivity contribution in [2.24, 2.45) is 5.92 Å². The predicted molar refractivity (Wildman–Crippen MR) is 63.3 cm³/mol. The molecule has 7 nitrogen and oxygen atoms in total. The Morgan fingerprint density at radius 3 is 2.44 bits per heavy atom. The first-order valence-corrected chi connectivity index (χ1v) is 5.31. The van der Waals surface area contributed by atoms with E-state index >= 15 is 0 Å². The summed E-state index contributed by atoms with van der Waals surface area (Å²) in [6, 6.07) is 3.55. The molecule has 0 heterocycles. The van der Waals surface area contributed by atoms with Gasteiger partial charge in [-0.15, -0.1) is 0 Å². The fourth-order valence-corrected chi connectivity index (χ4v) is 1.63. The zero-order chi connectivity index (χ0) is 13.7. The molecule has 1 rings (SSSR count). The van der Waals surface area contributed by atoms with Crippen LogP contribution in [0.4, 0.5) is 11.4 Å². The molecule has 0 aromatic heterocycles. The fraction of sp³-hybridized carbons (Fsp3) is 0.364. The first-order chi connectivity index (χ1) is 8.45. The average Bonchev–Trinajstić information content (AvgIpc) is 2.29. The number of rotatable bonds is 6. The van der Waals surface area contributed by atoms with Crippen molar-refractivity contribution in [3.63, 3.8) is 0 Å². The van der Waals surface area contributed by atoms with E-state index < -0.39 is 9.85 Å². The quantitative estimate of drug-likeness (QED) is 0.438. The minimum absolute atomic E-state index is 0.0392. The van der Waals surface area contributed by atoms with E-state index in [2.05, 4.69) is 0 Å². The Kier molecular flexibility index (Phi) is 4.47. The maximum absolute atomic E-state index is 10.8. The van der Waals surface area contributed by atoms with Crippen molar-refractivity contribution in [2.75, 3.05) is 0 Å². The van der Waals surface area contributed by atoms with Crippen molar-refractivity contribution in [3.8, 4) is 0 Å². The van der Waals surface area contributed by atoms with Crippen LogP contribution in [0.5, 0.6) is 0 Å². The number of hydrogen-bond acceptors (Lipinski definition) is 5. The van der Waals surface area contributed by atoms with E-state index in [4.69, 9.17) is 0 Å². The number of nitrogens with zero attached hydrogens (tertiary/aromatic N) is 2. The molecule has 0 N–H and O–H groups in total. The Bertz CT molecular complexity index is 486. The maximum atomic E-state index is 10.8. The molecular weight excluding hydrogens is 240 g/mol. The second-order valence-corrected chi connectivity index (χ2v) is 4.04. The SMILES string of the molecule is C[C@H](CC=O)Cc1ccc([N+](=O)[O-])cc1[N+](=O)[O-]. The zero-order valence-electron chi connectivity index (χ0n) is 9.74. The summed E-state index contributed by atoms with van der Waals surface area (Å²) in [5.41, 5.74) is -0.185. The molecule has 0 aliphatic rings.